The monoisotopic (exact) mass is 396 g/mol. The normalized spacial score (nSPS) is 13.7. The van der Waals surface area contributed by atoms with E-state index in [1.807, 2.05) is 0 Å². The maximum absolute atomic E-state index is 10.6. The molecule has 1 heteroatoms. The Labute approximate surface area is 179 Å². The van der Waals surface area contributed by atoms with E-state index in [2.05, 4.69) is 20.8 Å². The first-order valence-corrected chi connectivity index (χ1v) is 13.3. The molecule has 0 heterocycles. The van der Waals surface area contributed by atoms with Crippen molar-refractivity contribution < 1.29 is 5.11 Å². The Kier molecular flexibility index (Phi) is 21.6. The minimum Gasteiger partial charge on any atom is -0.390 e. The van der Waals surface area contributed by atoms with Gasteiger partial charge in [-0.25, -0.2) is 0 Å². The number of hydrogen-bond acceptors (Lipinski definition) is 1. The Bertz CT molecular complexity index is 284. The summed E-state index contributed by atoms with van der Waals surface area (Å²) in [5.74, 6) is 0. The molecule has 0 fully saturated rings. The molecule has 0 aromatic heterocycles. The highest BCUT2D eigenvalue weighted by molar-refractivity contribution is 4.72. The summed E-state index contributed by atoms with van der Waals surface area (Å²) in [5.41, 5.74) is -0.417. The van der Waals surface area contributed by atoms with Gasteiger partial charge < -0.3 is 5.11 Å². The third kappa shape index (κ3) is 22.3. The molecular weight excluding hydrogens is 340 g/mol. The third-order valence-corrected chi connectivity index (χ3v) is 6.39. The number of rotatable bonds is 23. The number of aliphatic hydroxyl groups is 1. The van der Waals surface area contributed by atoms with Crippen LogP contribution in [0.15, 0.2) is 0 Å². The van der Waals surface area contributed by atoms with Crippen LogP contribution in [0.3, 0.4) is 0 Å². The molecule has 0 radical (unpaired) electrons. The lowest BCUT2D eigenvalue weighted by molar-refractivity contribution is 0.0366. The van der Waals surface area contributed by atoms with Gasteiger partial charge in [0.2, 0.25) is 0 Å². The molecule has 0 aliphatic heterocycles. The summed E-state index contributed by atoms with van der Waals surface area (Å²) in [6, 6.07) is 0. The highest BCUT2D eigenvalue weighted by atomic mass is 16.3. The van der Waals surface area contributed by atoms with Crippen molar-refractivity contribution in [3.8, 4) is 0 Å². The van der Waals surface area contributed by atoms with Crippen LogP contribution in [0.4, 0.5) is 0 Å². The average molecular weight is 397 g/mol. The van der Waals surface area contributed by atoms with Crippen LogP contribution < -0.4 is 0 Å². The van der Waals surface area contributed by atoms with E-state index in [9.17, 15) is 5.11 Å². The van der Waals surface area contributed by atoms with Crippen molar-refractivity contribution in [2.45, 2.75) is 174 Å². The Morgan fingerprint density at radius 2 is 0.607 bits per heavy atom. The van der Waals surface area contributed by atoms with Crippen molar-refractivity contribution in [1.29, 1.82) is 0 Å². The smallest absolute Gasteiger partial charge is 0.0619 e. The van der Waals surface area contributed by atoms with Crippen LogP contribution >= 0.6 is 0 Å². The zero-order valence-corrected chi connectivity index (χ0v) is 20.2. The van der Waals surface area contributed by atoms with E-state index in [0.717, 1.165) is 12.8 Å². The van der Waals surface area contributed by atoms with Gasteiger partial charge in [0.05, 0.1) is 5.60 Å². The Balaban J connectivity index is 3.30. The third-order valence-electron chi connectivity index (χ3n) is 6.39. The van der Waals surface area contributed by atoms with Crippen LogP contribution in [-0.4, -0.2) is 10.7 Å². The average Bonchev–Trinajstić information content (AvgIpc) is 2.67. The molecule has 0 aromatic rings. The van der Waals surface area contributed by atoms with E-state index < -0.39 is 5.60 Å². The van der Waals surface area contributed by atoms with Crippen LogP contribution in [0, 0.1) is 0 Å². The highest BCUT2D eigenvalue weighted by Gasteiger charge is 2.18. The van der Waals surface area contributed by atoms with Crippen LogP contribution in [0.25, 0.3) is 0 Å². The molecule has 0 aromatic carbocycles. The molecule has 170 valence electrons. The Hall–Kier alpha value is -0.0400. The van der Waals surface area contributed by atoms with Gasteiger partial charge >= 0.3 is 0 Å². The van der Waals surface area contributed by atoms with E-state index >= 15 is 0 Å². The van der Waals surface area contributed by atoms with Crippen LogP contribution in [0.1, 0.15) is 168 Å². The minimum absolute atomic E-state index is 0.417. The summed E-state index contributed by atoms with van der Waals surface area (Å²) in [6.07, 6.45) is 30.9. The van der Waals surface area contributed by atoms with Gasteiger partial charge in [0.1, 0.15) is 0 Å². The van der Waals surface area contributed by atoms with Crippen molar-refractivity contribution in [1.82, 2.24) is 0 Å². The highest BCUT2D eigenvalue weighted by Crippen LogP contribution is 2.23. The molecule has 1 unspecified atom stereocenters. The summed E-state index contributed by atoms with van der Waals surface area (Å²) >= 11 is 0. The molecule has 0 bridgehead atoms. The lowest BCUT2D eigenvalue weighted by atomic mass is 9.91. The van der Waals surface area contributed by atoms with E-state index in [4.69, 9.17) is 0 Å². The zero-order chi connectivity index (χ0) is 20.8. The second-order valence-corrected chi connectivity index (χ2v) is 9.71. The van der Waals surface area contributed by atoms with Crippen LogP contribution in [-0.2, 0) is 0 Å². The topological polar surface area (TPSA) is 20.2 Å². The fraction of sp³-hybridized carbons (Fsp3) is 1.00. The fourth-order valence-electron chi connectivity index (χ4n) is 4.29. The van der Waals surface area contributed by atoms with Crippen molar-refractivity contribution in [3.63, 3.8) is 0 Å². The molecule has 0 rings (SSSR count). The molecule has 1 N–H and O–H groups in total. The van der Waals surface area contributed by atoms with Gasteiger partial charge in [-0.15, -0.1) is 0 Å². The summed E-state index contributed by atoms with van der Waals surface area (Å²) in [5, 5.41) is 10.6. The van der Waals surface area contributed by atoms with Crippen molar-refractivity contribution in [2.75, 3.05) is 0 Å². The first-order valence-electron chi connectivity index (χ1n) is 13.3. The van der Waals surface area contributed by atoms with Gasteiger partial charge in [-0.05, 0) is 19.8 Å². The summed E-state index contributed by atoms with van der Waals surface area (Å²) in [7, 11) is 0. The van der Waals surface area contributed by atoms with E-state index in [1.165, 1.54) is 135 Å². The predicted molar refractivity (Wildman–Crippen MR) is 128 cm³/mol. The zero-order valence-electron chi connectivity index (χ0n) is 20.2. The van der Waals surface area contributed by atoms with E-state index in [1.54, 1.807) is 0 Å². The molecular formula is C27H56O. The standard InChI is InChI=1S/C27H56O/c1-4-6-8-10-12-14-16-18-20-22-24-26-27(3,28)25-23-21-19-17-15-13-11-9-7-5-2/h28H,4-26H2,1-3H3. The summed E-state index contributed by atoms with van der Waals surface area (Å²) < 4.78 is 0. The quantitative estimate of drug-likeness (QED) is 0.170. The van der Waals surface area contributed by atoms with E-state index in [-0.39, 0.29) is 0 Å². The van der Waals surface area contributed by atoms with Gasteiger partial charge in [0.25, 0.3) is 0 Å². The lowest BCUT2D eigenvalue weighted by Crippen LogP contribution is -2.23. The molecule has 0 spiro atoms. The van der Waals surface area contributed by atoms with Crippen molar-refractivity contribution >= 4 is 0 Å². The van der Waals surface area contributed by atoms with Gasteiger partial charge in [-0.2, -0.15) is 0 Å². The van der Waals surface area contributed by atoms with Crippen LogP contribution in [0.5, 0.6) is 0 Å². The molecule has 28 heavy (non-hydrogen) atoms. The molecule has 0 aliphatic rings. The lowest BCUT2D eigenvalue weighted by Gasteiger charge is -2.23. The maximum Gasteiger partial charge on any atom is 0.0619 e. The van der Waals surface area contributed by atoms with Gasteiger partial charge in [0.15, 0.2) is 0 Å². The molecule has 0 amide bonds. The minimum atomic E-state index is -0.417. The Morgan fingerprint density at radius 3 is 0.857 bits per heavy atom. The SMILES string of the molecule is CCCCCCCCCCCCCC(C)(O)CCCCCCCCCCCC. The van der Waals surface area contributed by atoms with Gasteiger partial charge in [0, 0.05) is 0 Å². The molecule has 0 saturated carbocycles. The van der Waals surface area contributed by atoms with Gasteiger partial charge in [-0.1, -0.05) is 149 Å². The molecule has 1 atom stereocenters. The molecule has 0 saturated heterocycles. The van der Waals surface area contributed by atoms with Crippen molar-refractivity contribution in [3.05, 3.63) is 0 Å². The van der Waals surface area contributed by atoms with Crippen LogP contribution in [0.2, 0.25) is 0 Å². The first kappa shape index (κ1) is 28.0. The Morgan fingerprint density at radius 1 is 0.393 bits per heavy atom. The first-order chi connectivity index (χ1) is 13.6. The maximum atomic E-state index is 10.6. The largest absolute Gasteiger partial charge is 0.390 e. The van der Waals surface area contributed by atoms with E-state index in [0.29, 0.717) is 0 Å². The predicted octanol–water partition coefficient (Wildman–Crippen LogP) is 9.75. The second-order valence-electron chi connectivity index (χ2n) is 9.71. The van der Waals surface area contributed by atoms with Gasteiger partial charge in [-0.3, -0.25) is 0 Å². The summed E-state index contributed by atoms with van der Waals surface area (Å²) in [6.45, 7) is 6.64. The fourth-order valence-corrected chi connectivity index (χ4v) is 4.29. The second kappa shape index (κ2) is 21.7. The van der Waals surface area contributed by atoms with Crippen molar-refractivity contribution in [2.24, 2.45) is 0 Å². The summed E-state index contributed by atoms with van der Waals surface area (Å²) in [4.78, 5) is 0. The molecule has 0 aliphatic carbocycles. The molecule has 1 nitrogen and oxygen atoms in total. The number of hydrogen-bond donors (Lipinski definition) is 1. The number of unbranched alkanes of at least 4 members (excludes halogenated alkanes) is 19.